The number of primary amides is 1. The van der Waals surface area contributed by atoms with Crippen molar-refractivity contribution in [1.82, 2.24) is 10.6 Å². The lowest BCUT2D eigenvalue weighted by Gasteiger charge is -2.28. The molecule has 1 heterocycles. The zero-order chi connectivity index (χ0) is 11.3. The number of amides is 2. The first-order valence-corrected chi connectivity index (χ1v) is 5.40. The summed E-state index contributed by atoms with van der Waals surface area (Å²) in [6.07, 6.45) is 2.15. The molecule has 0 unspecified atom stereocenters. The average Bonchev–Trinajstić information content (AvgIpc) is 2.17. The Balaban J connectivity index is 2.29. The highest BCUT2D eigenvalue weighted by molar-refractivity contribution is 5.80. The average molecular weight is 213 g/mol. The van der Waals surface area contributed by atoms with Gasteiger partial charge in [-0.2, -0.15) is 0 Å². The van der Waals surface area contributed by atoms with E-state index in [1.54, 1.807) is 0 Å². The second-order valence-corrected chi connectivity index (χ2v) is 4.00. The summed E-state index contributed by atoms with van der Waals surface area (Å²) in [6, 6.07) is 0.215. The topological polar surface area (TPSA) is 84.2 Å². The third kappa shape index (κ3) is 3.87. The monoisotopic (exact) mass is 213 g/mol. The predicted molar refractivity (Wildman–Crippen MR) is 57.0 cm³/mol. The van der Waals surface area contributed by atoms with Gasteiger partial charge in [0.15, 0.2) is 0 Å². The van der Waals surface area contributed by atoms with Crippen molar-refractivity contribution in [2.75, 3.05) is 13.1 Å². The molecule has 0 radical (unpaired) electrons. The Hall–Kier alpha value is -1.10. The van der Waals surface area contributed by atoms with E-state index in [2.05, 4.69) is 10.6 Å². The molecule has 1 rings (SSSR count). The van der Waals surface area contributed by atoms with E-state index in [0.717, 1.165) is 19.4 Å². The lowest BCUT2D eigenvalue weighted by Crippen LogP contribution is -2.47. The maximum Gasteiger partial charge on any atom is 0.224 e. The second kappa shape index (κ2) is 5.70. The highest BCUT2D eigenvalue weighted by Crippen LogP contribution is 2.15. The van der Waals surface area contributed by atoms with Crippen LogP contribution in [0.2, 0.25) is 0 Å². The van der Waals surface area contributed by atoms with Crippen molar-refractivity contribution in [3.63, 3.8) is 0 Å². The van der Waals surface area contributed by atoms with Gasteiger partial charge in [0.2, 0.25) is 11.8 Å². The lowest BCUT2D eigenvalue weighted by atomic mass is 9.91. The van der Waals surface area contributed by atoms with E-state index in [9.17, 15) is 9.59 Å². The molecule has 86 valence electrons. The Kier molecular flexibility index (Phi) is 4.55. The smallest absolute Gasteiger partial charge is 0.224 e. The summed E-state index contributed by atoms with van der Waals surface area (Å²) in [6.45, 7) is 3.33. The molecule has 0 spiro atoms. The number of hydrogen-bond acceptors (Lipinski definition) is 3. The summed E-state index contributed by atoms with van der Waals surface area (Å²) in [5, 5.41) is 5.99. The minimum absolute atomic E-state index is 0.0200. The SMILES string of the molecule is C[C@H]1NCCC[C@H]1C(=O)NCCC(N)=O. The molecule has 0 aliphatic carbocycles. The molecule has 0 aromatic carbocycles. The van der Waals surface area contributed by atoms with Crippen molar-refractivity contribution in [2.45, 2.75) is 32.2 Å². The fourth-order valence-electron chi connectivity index (χ4n) is 1.84. The van der Waals surface area contributed by atoms with Crippen molar-refractivity contribution >= 4 is 11.8 Å². The molecular weight excluding hydrogens is 194 g/mol. The molecule has 4 N–H and O–H groups in total. The van der Waals surface area contributed by atoms with Gasteiger partial charge in [-0.05, 0) is 26.3 Å². The third-order valence-corrected chi connectivity index (χ3v) is 2.77. The van der Waals surface area contributed by atoms with Crippen LogP contribution in [0, 0.1) is 5.92 Å². The minimum Gasteiger partial charge on any atom is -0.370 e. The first kappa shape index (κ1) is 12.0. The molecule has 1 saturated heterocycles. The molecule has 2 amide bonds. The number of nitrogens with two attached hydrogens (primary N) is 1. The van der Waals surface area contributed by atoms with Gasteiger partial charge in [-0.25, -0.2) is 0 Å². The highest BCUT2D eigenvalue weighted by atomic mass is 16.2. The molecular formula is C10H19N3O2. The fraction of sp³-hybridized carbons (Fsp3) is 0.800. The van der Waals surface area contributed by atoms with Crippen LogP contribution < -0.4 is 16.4 Å². The van der Waals surface area contributed by atoms with Crippen LogP contribution in [0.4, 0.5) is 0 Å². The van der Waals surface area contributed by atoms with E-state index < -0.39 is 0 Å². The first-order valence-electron chi connectivity index (χ1n) is 5.40. The second-order valence-electron chi connectivity index (χ2n) is 4.00. The van der Waals surface area contributed by atoms with Crippen LogP contribution in [0.3, 0.4) is 0 Å². The minimum atomic E-state index is -0.384. The maximum absolute atomic E-state index is 11.7. The van der Waals surface area contributed by atoms with Crippen molar-refractivity contribution < 1.29 is 9.59 Å². The zero-order valence-electron chi connectivity index (χ0n) is 9.08. The quantitative estimate of drug-likeness (QED) is 0.581. The molecule has 2 atom stereocenters. The van der Waals surface area contributed by atoms with Crippen molar-refractivity contribution in [2.24, 2.45) is 11.7 Å². The maximum atomic E-state index is 11.7. The van der Waals surface area contributed by atoms with Crippen molar-refractivity contribution in [3.05, 3.63) is 0 Å². The Labute approximate surface area is 89.8 Å². The summed E-state index contributed by atoms with van der Waals surface area (Å²) in [5.41, 5.74) is 4.98. The number of carbonyl (C=O) groups excluding carboxylic acids is 2. The summed E-state index contributed by atoms with van der Waals surface area (Å²) in [4.78, 5) is 22.2. The van der Waals surface area contributed by atoms with Gasteiger partial charge in [-0.3, -0.25) is 9.59 Å². The van der Waals surface area contributed by atoms with E-state index in [-0.39, 0.29) is 30.2 Å². The van der Waals surface area contributed by atoms with Gasteiger partial charge in [0.25, 0.3) is 0 Å². The fourth-order valence-corrected chi connectivity index (χ4v) is 1.84. The van der Waals surface area contributed by atoms with E-state index in [0.29, 0.717) is 6.54 Å². The van der Waals surface area contributed by atoms with Gasteiger partial charge in [-0.1, -0.05) is 0 Å². The first-order chi connectivity index (χ1) is 7.11. The summed E-state index contributed by atoms with van der Waals surface area (Å²) in [7, 11) is 0. The Morgan fingerprint density at radius 2 is 2.27 bits per heavy atom. The molecule has 5 nitrogen and oxygen atoms in total. The van der Waals surface area contributed by atoms with Crippen molar-refractivity contribution in [1.29, 1.82) is 0 Å². The predicted octanol–water partition coefficient (Wildman–Crippen LogP) is -0.634. The Morgan fingerprint density at radius 3 is 2.87 bits per heavy atom. The largest absolute Gasteiger partial charge is 0.370 e. The molecule has 1 fully saturated rings. The van der Waals surface area contributed by atoms with Gasteiger partial charge in [-0.15, -0.1) is 0 Å². The molecule has 0 saturated carbocycles. The van der Waals surface area contributed by atoms with Gasteiger partial charge in [0.05, 0.1) is 5.92 Å². The van der Waals surface area contributed by atoms with Crippen LogP contribution in [0.5, 0.6) is 0 Å². The van der Waals surface area contributed by atoms with Crippen LogP contribution in [0.15, 0.2) is 0 Å². The summed E-state index contributed by atoms with van der Waals surface area (Å²) < 4.78 is 0. The molecule has 0 bridgehead atoms. The lowest BCUT2D eigenvalue weighted by molar-refractivity contribution is -0.126. The van der Waals surface area contributed by atoms with Crippen LogP contribution in [0.25, 0.3) is 0 Å². The number of piperidine rings is 1. The van der Waals surface area contributed by atoms with Crippen LogP contribution in [0.1, 0.15) is 26.2 Å². The Bertz CT molecular complexity index is 243. The molecule has 0 aromatic heterocycles. The molecule has 1 aliphatic rings. The van der Waals surface area contributed by atoms with Crippen LogP contribution in [-0.2, 0) is 9.59 Å². The van der Waals surface area contributed by atoms with E-state index in [1.165, 1.54) is 0 Å². The van der Waals surface area contributed by atoms with E-state index in [1.807, 2.05) is 6.92 Å². The van der Waals surface area contributed by atoms with Gasteiger partial charge in [0, 0.05) is 19.0 Å². The normalized spacial score (nSPS) is 25.9. The van der Waals surface area contributed by atoms with Crippen molar-refractivity contribution in [3.8, 4) is 0 Å². The highest BCUT2D eigenvalue weighted by Gasteiger charge is 2.26. The Morgan fingerprint density at radius 1 is 1.53 bits per heavy atom. The summed E-state index contributed by atoms with van der Waals surface area (Å²) in [5.74, 6) is -0.340. The van der Waals surface area contributed by atoms with Gasteiger partial charge < -0.3 is 16.4 Å². The van der Waals surface area contributed by atoms with Gasteiger partial charge >= 0.3 is 0 Å². The van der Waals surface area contributed by atoms with E-state index >= 15 is 0 Å². The standard InChI is InChI=1S/C10H19N3O2/c1-7-8(3-2-5-12-7)10(15)13-6-4-9(11)14/h7-8,12H,2-6H2,1H3,(H2,11,14)(H,13,15)/t7-,8-/m1/s1. The molecule has 15 heavy (non-hydrogen) atoms. The molecule has 0 aromatic rings. The van der Waals surface area contributed by atoms with Crippen LogP contribution >= 0.6 is 0 Å². The number of nitrogens with one attached hydrogen (secondary N) is 2. The zero-order valence-corrected chi connectivity index (χ0v) is 9.08. The number of hydrogen-bond donors (Lipinski definition) is 3. The van der Waals surface area contributed by atoms with Crippen LogP contribution in [-0.4, -0.2) is 30.9 Å². The van der Waals surface area contributed by atoms with Gasteiger partial charge in [0.1, 0.15) is 0 Å². The summed E-state index contributed by atoms with van der Waals surface area (Å²) >= 11 is 0. The third-order valence-electron chi connectivity index (χ3n) is 2.77. The number of carbonyl (C=O) groups is 2. The molecule has 5 heteroatoms. The van der Waals surface area contributed by atoms with E-state index in [4.69, 9.17) is 5.73 Å². The molecule has 1 aliphatic heterocycles. The number of rotatable bonds is 4.